The molecule has 19 heavy (non-hydrogen) atoms. The minimum atomic E-state index is -1.12. The number of rotatable bonds is 2. The summed E-state index contributed by atoms with van der Waals surface area (Å²) in [4.78, 5) is 15.4. The summed E-state index contributed by atoms with van der Waals surface area (Å²) in [6, 6.07) is 7.16. The lowest BCUT2D eigenvalue weighted by Gasteiger charge is -1.98. The molecule has 0 aliphatic rings. The van der Waals surface area contributed by atoms with Crippen LogP contribution in [-0.2, 0) is 0 Å². The van der Waals surface area contributed by atoms with Gasteiger partial charge in [-0.3, -0.25) is 0 Å². The summed E-state index contributed by atoms with van der Waals surface area (Å²) in [5.41, 5.74) is 1.07. The molecule has 1 aromatic carbocycles. The van der Waals surface area contributed by atoms with Crippen molar-refractivity contribution >= 4 is 11.6 Å². The van der Waals surface area contributed by atoms with Crippen molar-refractivity contribution in [1.29, 1.82) is 0 Å². The maximum Gasteiger partial charge on any atom is 0.341 e. The van der Waals surface area contributed by atoms with Gasteiger partial charge in [-0.05, 0) is 30.3 Å². The number of nitrogens with zero attached hydrogens (tertiary/aromatic N) is 3. The first-order chi connectivity index (χ1) is 9.16. The van der Waals surface area contributed by atoms with Crippen LogP contribution in [0.15, 0.2) is 42.7 Å². The molecule has 3 rings (SSSR count). The quantitative estimate of drug-likeness (QED) is 0.764. The molecule has 0 amide bonds. The Morgan fingerprint density at radius 2 is 2.00 bits per heavy atom. The highest BCUT2D eigenvalue weighted by Gasteiger charge is 2.21. The molecule has 5 nitrogen and oxygen atoms in total. The van der Waals surface area contributed by atoms with E-state index in [4.69, 9.17) is 0 Å². The van der Waals surface area contributed by atoms with Gasteiger partial charge < -0.3 is 5.11 Å². The van der Waals surface area contributed by atoms with E-state index in [9.17, 15) is 14.3 Å². The molecule has 0 radical (unpaired) electrons. The normalized spacial score (nSPS) is 10.8. The number of carboxylic acids is 1. The fourth-order valence-corrected chi connectivity index (χ4v) is 1.89. The number of aromatic nitrogens is 3. The summed E-state index contributed by atoms with van der Waals surface area (Å²) >= 11 is 0. The van der Waals surface area contributed by atoms with Crippen LogP contribution in [0, 0.1) is 5.82 Å². The van der Waals surface area contributed by atoms with Gasteiger partial charge in [0, 0.05) is 18.0 Å². The number of benzene rings is 1. The van der Waals surface area contributed by atoms with Crippen LogP contribution in [0.2, 0.25) is 0 Å². The Balaban J connectivity index is 2.31. The third-order valence-electron chi connectivity index (χ3n) is 2.73. The number of carbonyl (C=O) groups is 1. The standard InChI is InChI=1S/C13H8FN3O2/c14-9-4-2-8(3-5-9)11-10(13(18)19)12-15-6-1-7-17(12)16-11/h1-7H,(H,18,19). The van der Waals surface area contributed by atoms with Gasteiger partial charge in [-0.15, -0.1) is 0 Å². The SMILES string of the molecule is O=C(O)c1c(-c2ccc(F)cc2)nn2cccnc12. The highest BCUT2D eigenvalue weighted by atomic mass is 19.1. The van der Waals surface area contributed by atoms with Gasteiger partial charge in [0.05, 0.1) is 0 Å². The number of halogens is 1. The number of fused-ring (bicyclic) bond motifs is 1. The summed E-state index contributed by atoms with van der Waals surface area (Å²) in [6.07, 6.45) is 3.11. The van der Waals surface area contributed by atoms with Gasteiger partial charge in [0.2, 0.25) is 0 Å². The topological polar surface area (TPSA) is 67.5 Å². The van der Waals surface area contributed by atoms with E-state index in [1.54, 1.807) is 12.3 Å². The Hall–Kier alpha value is -2.76. The molecule has 0 aliphatic carbocycles. The zero-order valence-corrected chi connectivity index (χ0v) is 9.62. The molecule has 0 saturated carbocycles. The van der Waals surface area contributed by atoms with Gasteiger partial charge in [-0.2, -0.15) is 5.10 Å². The minimum Gasteiger partial charge on any atom is -0.477 e. The first-order valence-electron chi connectivity index (χ1n) is 5.49. The Bertz CT molecular complexity index is 765. The molecule has 0 aliphatic heterocycles. The fourth-order valence-electron chi connectivity index (χ4n) is 1.89. The lowest BCUT2D eigenvalue weighted by molar-refractivity contribution is 0.0699. The van der Waals surface area contributed by atoms with Crippen molar-refractivity contribution < 1.29 is 14.3 Å². The van der Waals surface area contributed by atoms with E-state index in [1.807, 2.05) is 0 Å². The van der Waals surface area contributed by atoms with E-state index in [-0.39, 0.29) is 22.7 Å². The second-order valence-electron chi connectivity index (χ2n) is 3.92. The summed E-state index contributed by atoms with van der Waals surface area (Å²) < 4.78 is 14.3. The third kappa shape index (κ3) is 1.83. The molecule has 6 heteroatoms. The van der Waals surface area contributed by atoms with Crippen LogP contribution in [0.3, 0.4) is 0 Å². The predicted molar refractivity (Wildman–Crippen MR) is 65.3 cm³/mol. The lowest BCUT2D eigenvalue weighted by Crippen LogP contribution is -1.99. The van der Waals surface area contributed by atoms with Crippen molar-refractivity contribution in [2.45, 2.75) is 0 Å². The lowest BCUT2D eigenvalue weighted by atomic mass is 10.1. The monoisotopic (exact) mass is 257 g/mol. The van der Waals surface area contributed by atoms with Gasteiger partial charge in [0.15, 0.2) is 5.65 Å². The highest BCUT2D eigenvalue weighted by molar-refractivity contribution is 6.01. The molecule has 0 spiro atoms. The molecule has 0 unspecified atom stereocenters. The van der Waals surface area contributed by atoms with Crippen LogP contribution in [0.1, 0.15) is 10.4 Å². The average molecular weight is 257 g/mol. The van der Waals surface area contributed by atoms with Crippen LogP contribution < -0.4 is 0 Å². The molecule has 0 fully saturated rings. The van der Waals surface area contributed by atoms with Crippen molar-refractivity contribution in [3.05, 3.63) is 54.1 Å². The Labute approximate surface area is 107 Å². The van der Waals surface area contributed by atoms with Gasteiger partial charge in [0.25, 0.3) is 0 Å². The maximum absolute atomic E-state index is 12.9. The number of hydrogen-bond acceptors (Lipinski definition) is 3. The van der Waals surface area contributed by atoms with E-state index < -0.39 is 5.97 Å². The van der Waals surface area contributed by atoms with E-state index in [0.717, 1.165) is 0 Å². The number of aromatic carboxylic acids is 1. The summed E-state index contributed by atoms with van der Waals surface area (Å²) in [6.45, 7) is 0. The van der Waals surface area contributed by atoms with Crippen LogP contribution in [0.25, 0.3) is 16.9 Å². The van der Waals surface area contributed by atoms with Crippen molar-refractivity contribution in [2.75, 3.05) is 0 Å². The maximum atomic E-state index is 12.9. The van der Waals surface area contributed by atoms with Crippen molar-refractivity contribution in [3.8, 4) is 11.3 Å². The zero-order chi connectivity index (χ0) is 13.4. The van der Waals surface area contributed by atoms with Gasteiger partial charge in [-0.1, -0.05) is 0 Å². The fraction of sp³-hybridized carbons (Fsp3) is 0. The molecule has 94 valence electrons. The van der Waals surface area contributed by atoms with Crippen LogP contribution in [0.5, 0.6) is 0 Å². The molecule has 0 bridgehead atoms. The minimum absolute atomic E-state index is 0.00667. The van der Waals surface area contributed by atoms with E-state index in [0.29, 0.717) is 5.56 Å². The number of hydrogen-bond donors (Lipinski definition) is 1. The van der Waals surface area contributed by atoms with Crippen molar-refractivity contribution in [2.24, 2.45) is 0 Å². The molecule has 3 aromatic rings. The number of carboxylic acid groups (broad SMARTS) is 1. The zero-order valence-electron chi connectivity index (χ0n) is 9.62. The largest absolute Gasteiger partial charge is 0.477 e. The molecule has 0 atom stereocenters. The van der Waals surface area contributed by atoms with Crippen molar-refractivity contribution in [3.63, 3.8) is 0 Å². The van der Waals surface area contributed by atoms with E-state index >= 15 is 0 Å². The summed E-state index contributed by atoms with van der Waals surface area (Å²) in [5, 5.41) is 13.5. The molecule has 1 N–H and O–H groups in total. The third-order valence-corrected chi connectivity index (χ3v) is 2.73. The molecule has 2 heterocycles. The second kappa shape index (κ2) is 4.16. The van der Waals surface area contributed by atoms with E-state index in [2.05, 4.69) is 10.1 Å². The predicted octanol–water partition coefficient (Wildman–Crippen LogP) is 2.23. The molecule has 2 aromatic heterocycles. The first kappa shape index (κ1) is 11.3. The van der Waals surface area contributed by atoms with Gasteiger partial charge in [0.1, 0.15) is 17.1 Å². The summed E-state index contributed by atoms with van der Waals surface area (Å²) in [5.74, 6) is -1.50. The average Bonchev–Trinajstić information content (AvgIpc) is 2.78. The highest BCUT2D eigenvalue weighted by Crippen LogP contribution is 2.25. The van der Waals surface area contributed by atoms with Gasteiger partial charge in [-0.25, -0.2) is 18.7 Å². The summed E-state index contributed by atoms with van der Waals surface area (Å²) in [7, 11) is 0. The van der Waals surface area contributed by atoms with E-state index in [1.165, 1.54) is 35.0 Å². The van der Waals surface area contributed by atoms with Crippen LogP contribution in [-0.4, -0.2) is 25.7 Å². The molecule has 0 saturated heterocycles. The first-order valence-corrected chi connectivity index (χ1v) is 5.49. The van der Waals surface area contributed by atoms with Gasteiger partial charge >= 0.3 is 5.97 Å². The van der Waals surface area contributed by atoms with Crippen LogP contribution >= 0.6 is 0 Å². The second-order valence-corrected chi connectivity index (χ2v) is 3.92. The molecular formula is C13H8FN3O2. The Kier molecular flexibility index (Phi) is 2.49. The molecular weight excluding hydrogens is 249 g/mol. The Morgan fingerprint density at radius 1 is 1.26 bits per heavy atom. The Morgan fingerprint density at radius 3 is 2.68 bits per heavy atom. The van der Waals surface area contributed by atoms with Crippen molar-refractivity contribution in [1.82, 2.24) is 14.6 Å². The smallest absolute Gasteiger partial charge is 0.341 e. The van der Waals surface area contributed by atoms with Crippen LogP contribution in [0.4, 0.5) is 4.39 Å².